The molecule has 0 fully saturated rings. The third-order valence-electron chi connectivity index (χ3n) is 2.88. The minimum absolute atomic E-state index is 0.249. The quantitative estimate of drug-likeness (QED) is 0.664. The molecule has 0 aromatic heterocycles. The monoisotopic (exact) mass is 252 g/mol. The molecule has 2 N–H and O–H groups in total. The van der Waals surface area contributed by atoms with E-state index in [1.807, 2.05) is 24.3 Å². The second-order valence-electron chi connectivity index (χ2n) is 4.51. The number of aliphatic hydroxyl groups excluding tert-OH is 2. The summed E-state index contributed by atoms with van der Waals surface area (Å²) in [6, 6.07) is 7.66. The predicted molar refractivity (Wildman–Crippen MR) is 72.7 cm³/mol. The molecule has 18 heavy (non-hydrogen) atoms. The second kappa shape index (κ2) is 8.95. The van der Waals surface area contributed by atoms with Crippen molar-refractivity contribution in [3.8, 4) is 5.75 Å². The van der Waals surface area contributed by atoms with Crippen molar-refractivity contribution in [3.05, 3.63) is 29.8 Å². The van der Waals surface area contributed by atoms with Crippen molar-refractivity contribution < 1.29 is 14.9 Å². The molecule has 0 aliphatic carbocycles. The first-order chi connectivity index (χ1) is 8.77. The van der Waals surface area contributed by atoms with Crippen molar-refractivity contribution in [2.75, 3.05) is 13.2 Å². The molecule has 1 atom stereocenters. The van der Waals surface area contributed by atoms with Crippen LogP contribution in [0.15, 0.2) is 24.3 Å². The van der Waals surface area contributed by atoms with Gasteiger partial charge in [0.15, 0.2) is 0 Å². The lowest BCUT2D eigenvalue weighted by atomic mass is 10.1. The molecule has 0 saturated heterocycles. The lowest BCUT2D eigenvalue weighted by molar-refractivity contribution is 0.166. The van der Waals surface area contributed by atoms with Gasteiger partial charge in [-0.05, 0) is 43.4 Å². The Hall–Kier alpha value is -1.06. The van der Waals surface area contributed by atoms with Crippen LogP contribution in [0.3, 0.4) is 0 Å². The van der Waals surface area contributed by atoms with Crippen LogP contribution in [-0.2, 0) is 0 Å². The van der Waals surface area contributed by atoms with Crippen LogP contribution in [-0.4, -0.2) is 23.4 Å². The Bertz CT molecular complexity index is 325. The van der Waals surface area contributed by atoms with Crippen LogP contribution in [0.4, 0.5) is 0 Å². The van der Waals surface area contributed by atoms with Crippen molar-refractivity contribution in [2.24, 2.45) is 0 Å². The number of aliphatic hydroxyl groups is 2. The van der Waals surface area contributed by atoms with Crippen molar-refractivity contribution in [2.45, 2.75) is 45.1 Å². The van der Waals surface area contributed by atoms with Crippen LogP contribution in [0.2, 0.25) is 0 Å². The zero-order chi connectivity index (χ0) is 13.2. The van der Waals surface area contributed by atoms with Gasteiger partial charge in [-0.1, -0.05) is 25.5 Å². The molecule has 0 aliphatic rings. The third-order valence-corrected chi connectivity index (χ3v) is 2.88. The minimum atomic E-state index is -0.395. The molecule has 0 radical (unpaired) electrons. The zero-order valence-corrected chi connectivity index (χ0v) is 11.1. The number of hydrogen-bond donors (Lipinski definition) is 2. The normalized spacial score (nSPS) is 12.4. The SMILES string of the molecule is CCCC(O)c1cccc(OCCCCCO)c1. The topological polar surface area (TPSA) is 49.7 Å². The van der Waals surface area contributed by atoms with Crippen molar-refractivity contribution in [1.82, 2.24) is 0 Å². The van der Waals surface area contributed by atoms with E-state index in [1.165, 1.54) is 0 Å². The summed E-state index contributed by atoms with van der Waals surface area (Å²) in [6.45, 7) is 2.97. The summed E-state index contributed by atoms with van der Waals surface area (Å²) in [5, 5.41) is 18.6. The smallest absolute Gasteiger partial charge is 0.119 e. The van der Waals surface area contributed by atoms with Crippen molar-refractivity contribution in [1.29, 1.82) is 0 Å². The Morgan fingerprint density at radius 1 is 1.22 bits per heavy atom. The van der Waals surface area contributed by atoms with Gasteiger partial charge in [0.2, 0.25) is 0 Å². The summed E-state index contributed by atoms with van der Waals surface area (Å²) in [5.41, 5.74) is 0.921. The largest absolute Gasteiger partial charge is 0.494 e. The molecular weight excluding hydrogens is 228 g/mol. The van der Waals surface area contributed by atoms with Crippen LogP contribution in [0.25, 0.3) is 0 Å². The van der Waals surface area contributed by atoms with Gasteiger partial charge in [0.05, 0.1) is 12.7 Å². The van der Waals surface area contributed by atoms with E-state index < -0.39 is 6.10 Å². The van der Waals surface area contributed by atoms with Gasteiger partial charge in [0.25, 0.3) is 0 Å². The number of rotatable bonds is 9. The van der Waals surface area contributed by atoms with E-state index in [-0.39, 0.29) is 6.61 Å². The molecule has 0 bridgehead atoms. The maximum absolute atomic E-state index is 9.90. The van der Waals surface area contributed by atoms with Gasteiger partial charge in [0.1, 0.15) is 5.75 Å². The molecule has 0 saturated carbocycles. The molecule has 1 rings (SSSR count). The summed E-state index contributed by atoms with van der Waals surface area (Å²) in [4.78, 5) is 0. The first-order valence-corrected chi connectivity index (χ1v) is 6.79. The first kappa shape index (κ1) is 15.0. The average molecular weight is 252 g/mol. The van der Waals surface area contributed by atoms with Crippen LogP contribution in [0.1, 0.15) is 50.7 Å². The molecular formula is C15H24O3. The van der Waals surface area contributed by atoms with Gasteiger partial charge in [-0.3, -0.25) is 0 Å². The van der Waals surface area contributed by atoms with E-state index in [1.54, 1.807) is 0 Å². The second-order valence-corrected chi connectivity index (χ2v) is 4.51. The molecule has 0 heterocycles. The van der Waals surface area contributed by atoms with Gasteiger partial charge in [-0.2, -0.15) is 0 Å². The molecule has 3 nitrogen and oxygen atoms in total. The number of ether oxygens (including phenoxy) is 1. The summed E-state index contributed by atoms with van der Waals surface area (Å²) >= 11 is 0. The molecule has 1 aromatic rings. The lowest BCUT2D eigenvalue weighted by Crippen LogP contribution is -2.00. The standard InChI is InChI=1S/C15H24O3/c1-2-7-15(17)13-8-6-9-14(12-13)18-11-5-3-4-10-16/h6,8-9,12,15-17H,2-5,7,10-11H2,1H3. The van der Waals surface area contributed by atoms with Gasteiger partial charge in [0, 0.05) is 6.61 Å². The maximum atomic E-state index is 9.90. The summed E-state index contributed by atoms with van der Waals surface area (Å²) in [6.07, 6.45) is 4.11. The fraction of sp³-hybridized carbons (Fsp3) is 0.600. The molecule has 1 aromatic carbocycles. The van der Waals surface area contributed by atoms with Gasteiger partial charge >= 0.3 is 0 Å². The van der Waals surface area contributed by atoms with E-state index >= 15 is 0 Å². The Kier molecular flexibility index (Phi) is 7.46. The first-order valence-electron chi connectivity index (χ1n) is 6.79. The van der Waals surface area contributed by atoms with Crippen LogP contribution >= 0.6 is 0 Å². The minimum Gasteiger partial charge on any atom is -0.494 e. The Morgan fingerprint density at radius 3 is 2.78 bits per heavy atom. The molecule has 0 aliphatic heterocycles. The molecule has 1 unspecified atom stereocenters. The summed E-state index contributed by atoms with van der Waals surface area (Å²) in [5.74, 6) is 0.812. The lowest BCUT2D eigenvalue weighted by Gasteiger charge is -2.12. The fourth-order valence-electron chi connectivity index (χ4n) is 1.83. The van der Waals surface area contributed by atoms with E-state index in [9.17, 15) is 5.11 Å². The molecule has 102 valence electrons. The van der Waals surface area contributed by atoms with Gasteiger partial charge in [-0.25, -0.2) is 0 Å². The van der Waals surface area contributed by atoms with Crippen LogP contribution in [0.5, 0.6) is 5.75 Å². The Balaban J connectivity index is 2.39. The molecule has 3 heteroatoms. The molecule has 0 spiro atoms. The highest BCUT2D eigenvalue weighted by atomic mass is 16.5. The van der Waals surface area contributed by atoms with E-state index in [2.05, 4.69) is 6.92 Å². The highest BCUT2D eigenvalue weighted by Crippen LogP contribution is 2.22. The Morgan fingerprint density at radius 2 is 2.06 bits per heavy atom. The third kappa shape index (κ3) is 5.52. The number of unbranched alkanes of at least 4 members (excludes halogenated alkanes) is 2. The van der Waals surface area contributed by atoms with E-state index in [0.717, 1.165) is 43.4 Å². The van der Waals surface area contributed by atoms with E-state index in [0.29, 0.717) is 6.61 Å². The maximum Gasteiger partial charge on any atom is 0.119 e. The average Bonchev–Trinajstić information content (AvgIpc) is 2.39. The molecule has 0 amide bonds. The Labute approximate surface area is 109 Å². The van der Waals surface area contributed by atoms with Crippen LogP contribution < -0.4 is 4.74 Å². The number of benzene rings is 1. The zero-order valence-electron chi connectivity index (χ0n) is 11.1. The highest BCUT2D eigenvalue weighted by Gasteiger charge is 2.06. The summed E-state index contributed by atoms with van der Waals surface area (Å²) in [7, 11) is 0. The summed E-state index contributed by atoms with van der Waals surface area (Å²) < 4.78 is 5.63. The predicted octanol–water partition coefficient (Wildman–Crippen LogP) is 3.06. The van der Waals surface area contributed by atoms with Gasteiger partial charge in [-0.15, -0.1) is 0 Å². The highest BCUT2D eigenvalue weighted by molar-refractivity contribution is 5.29. The van der Waals surface area contributed by atoms with Crippen LogP contribution in [0, 0.1) is 0 Å². The van der Waals surface area contributed by atoms with Crippen molar-refractivity contribution >= 4 is 0 Å². The fourth-order valence-corrected chi connectivity index (χ4v) is 1.83. The number of hydrogen-bond acceptors (Lipinski definition) is 3. The van der Waals surface area contributed by atoms with Gasteiger partial charge < -0.3 is 14.9 Å². The van der Waals surface area contributed by atoms with Crippen molar-refractivity contribution in [3.63, 3.8) is 0 Å². The van der Waals surface area contributed by atoms with E-state index in [4.69, 9.17) is 9.84 Å².